The van der Waals surface area contributed by atoms with Gasteiger partial charge in [-0.2, -0.15) is 5.10 Å². The van der Waals surface area contributed by atoms with Crippen LogP contribution in [0.4, 0.5) is 0 Å². The van der Waals surface area contributed by atoms with Gasteiger partial charge in [0.1, 0.15) is 0 Å². The van der Waals surface area contributed by atoms with Crippen LogP contribution in [0.15, 0.2) is 6.20 Å². The Labute approximate surface area is 115 Å². The Bertz CT molecular complexity index is 550. The maximum atomic E-state index is 11.8. The zero-order chi connectivity index (χ0) is 14.1. The Kier molecular flexibility index (Phi) is 4.01. The Morgan fingerprint density at radius 3 is 2.79 bits per heavy atom. The van der Waals surface area contributed by atoms with E-state index < -0.39 is 9.84 Å². The van der Waals surface area contributed by atoms with Crippen LogP contribution >= 0.6 is 0 Å². The molecule has 5 nitrogen and oxygen atoms in total. The highest BCUT2D eigenvalue weighted by Gasteiger charge is 2.41. The van der Waals surface area contributed by atoms with Crippen molar-refractivity contribution in [1.82, 2.24) is 15.1 Å². The molecule has 1 aromatic heterocycles. The number of hydrogen-bond donors (Lipinski definition) is 1. The van der Waals surface area contributed by atoms with Gasteiger partial charge < -0.3 is 5.32 Å². The zero-order valence-electron chi connectivity index (χ0n) is 11.9. The number of aromatic nitrogens is 2. The summed E-state index contributed by atoms with van der Waals surface area (Å²) in [6, 6.07) is 0. The first kappa shape index (κ1) is 14.5. The van der Waals surface area contributed by atoms with Gasteiger partial charge in [-0.3, -0.25) is 4.68 Å². The maximum Gasteiger partial charge on any atom is 0.152 e. The van der Waals surface area contributed by atoms with Crippen molar-refractivity contribution in [2.45, 2.75) is 45.2 Å². The summed E-state index contributed by atoms with van der Waals surface area (Å²) in [4.78, 5) is 0. The molecule has 1 saturated heterocycles. The number of hydrogen-bond acceptors (Lipinski definition) is 4. The smallest absolute Gasteiger partial charge is 0.152 e. The lowest BCUT2D eigenvalue weighted by Crippen LogP contribution is -2.34. The molecule has 1 unspecified atom stereocenters. The van der Waals surface area contributed by atoms with E-state index in [1.165, 1.54) is 11.3 Å². The highest BCUT2D eigenvalue weighted by molar-refractivity contribution is 7.91. The first-order valence-corrected chi connectivity index (χ1v) is 8.65. The summed E-state index contributed by atoms with van der Waals surface area (Å²) < 4.78 is 25.5. The summed E-state index contributed by atoms with van der Waals surface area (Å²) in [5, 5.41) is 7.63. The van der Waals surface area contributed by atoms with Crippen molar-refractivity contribution in [2.24, 2.45) is 0 Å². The Morgan fingerprint density at radius 2 is 2.26 bits per heavy atom. The van der Waals surface area contributed by atoms with Crippen LogP contribution in [0.5, 0.6) is 0 Å². The number of sulfone groups is 1. The van der Waals surface area contributed by atoms with E-state index in [2.05, 4.69) is 17.3 Å². The predicted octanol–water partition coefficient (Wildman–Crippen LogP) is 1.09. The first-order chi connectivity index (χ1) is 8.92. The van der Waals surface area contributed by atoms with E-state index in [9.17, 15) is 8.42 Å². The van der Waals surface area contributed by atoms with Gasteiger partial charge in [-0.1, -0.05) is 13.3 Å². The first-order valence-electron chi connectivity index (χ1n) is 6.83. The highest BCUT2D eigenvalue weighted by Crippen LogP contribution is 2.32. The quantitative estimate of drug-likeness (QED) is 0.879. The third kappa shape index (κ3) is 2.84. The second kappa shape index (κ2) is 5.25. The van der Waals surface area contributed by atoms with E-state index in [0.717, 1.165) is 19.4 Å². The van der Waals surface area contributed by atoms with Crippen LogP contribution in [0.25, 0.3) is 0 Å². The van der Waals surface area contributed by atoms with E-state index in [4.69, 9.17) is 0 Å². The molecule has 0 radical (unpaired) electrons. The van der Waals surface area contributed by atoms with E-state index in [1.807, 2.05) is 24.9 Å². The molecule has 1 atom stereocenters. The summed E-state index contributed by atoms with van der Waals surface area (Å²) in [5.74, 6) is 0.480. The largest absolute Gasteiger partial charge is 0.316 e. The minimum atomic E-state index is -2.91. The minimum Gasteiger partial charge on any atom is -0.316 e. The van der Waals surface area contributed by atoms with E-state index >= 15 is 0 Å². The van der Waals surface area contributed by atoms with Gasteiger partial charge in [-0.15, -0.1) is 0 Å². The minimum absolute atomic E-state index is 0.206. The van der Waals surface area contributed by atoms with Gasteiger partial charge in [-0.25, -0.2) is 8.42 Å². The molecule has 0 aliphatic carbocycles. The Hall–Kier alpha value is -0.880. The molecular formula is C13H23N3O2S. The van der Waals surface area contributed by atoms with Gasteiger partial charge in [0.2, 0.25) is 0 Å². The zero-order valence-corrected chi connectivity index (χ0v) is 12.8. The van der Waals surface area contributed by atoms with Crippen LogP contribution in [0, 0.1) is 0 Å². The molecule has 0 amide bonds. The Morgan fingerprint density at radius 1 is 1.53 bits per heavy atom. The fourth-order valence-electron chi connectivity index (χ4n) is 2.87. The van der Waals surface area contributed by atoms with Crippen molar-refractivity contribution in [3.63, 3.8) is 0 Å². The molecule has 0 bridgehead atoms. The lowest BCUT2D eigenvalue weighted by Gasteiger charge is -2.26. The average Bonchev–Trinajstić information content (AvgIpc) is 2.83. The van der Waals surface area contributed by atoms with Gasteiger partial charge in [-0.05, 0) is 26.8 Å². The molecule has 108 valence electrons. The van der Waals surface area contributed by atoms with Gasteiger partial charge >= 0.3 is 0 Å². The average molecular weight is 285 g/mol. The molecule has 1 aromatic rings. The molecule has 0 spiro atoms. The van der Waals surface area contributed by atoms with Crippen molar-refractivity contribution >= 4 is 9.84 Å². The second-order valence-corrected chi connectivity index (χ2v) is 7.83. The molecule has 2 heterocycles. The fourth-order valence-corrected chi connectivity index (χ4v) is 4.98. The normalized spacial score (nSPS) is 25.8. The maximum absolute atomic E-state index is 11.8. The van der Waals surface area contributed by atoms with Crippen molar-refractivity contribution < 1.29 is 8.42 Å². The van der Waals surface area contributed by atoms with Crippen molar-refractivity contribution in [3.8, 4) is 0 Å². The SMILES string of the molecule is CCCc1c(CNC)cnn1C1(C)CCS(=O)(=O)C1. The third-order valence-corrected chi connectivity index (χ3v) is 5.69. The second-order valence-electron chi connectivity index (χ2n) is 5.65. The third-order valence-electron chi connectivity index (χ3n) is 3.80. The van der Waals surface area contributed by atoms with Crippen LogP contribution in [0.1, 0.15) is 37.9 Å². The monoisotopic (exact) mass is 285 g/mol. The van der Waals surface area contributed by atoms with Crippen molar-refractivity contribution in [2.75, 3.05) is 18.6 Å². The van der Waals surface area contributed by atoms with Gasteiger partial charge in [0, 0.05) is 17.8 Å². The molecule has 1 fully saturated rings. The van der Waals surface area contributed by atoms with Crippen molar-refractivity contribution in [1.29, 1.82) is 0 Å². The van der Waals surface area contributed by atoms with Crippen molar-refractivity contribution in [3.05, 3.63) is 17.5 Å². The molecule has 0 saturated carbocycles. The lowest BCUT2D eigenvalue weighted by atomic mass is 10.0. The summed E-state index contributed by atoms with van der Waals surface area (Å²) in [6.07, 6.45) is 4.50. The highest BCUT2D eigenvalue weighted by atomic mass is 32.2. The van der Waals surface area contributed by atoms with Crippen LogP contribution in [-0.4, -0.2) is 36.8 Å². The molecule has 1 aliphatic heterocycles. The van der Waals surface area contributed by atoms with Crippen LogP contribution in [0.3, 0.4) is 0 Å². The molecule has 1 N–H and O–H groups in total. The molecule has 19 heavy (non-hydrogen) atoms. The number of nitrogens with one attached hydrogen (secondary N) is 1. The number of rotatable bonds is 5. The number of nitrogens with zero attached hydrogens (tertiary/aromatic N) is 2. The molecule has 2 rings (SSSR count). The van der Waals surface area contributed by atoms with Crippen LogP contribution in [-0.2, 0) is 28.3 Å². The molecular weight excluding hydrogens is 262 g/mol. The Balaban J connectivity index is 2.39. The van der Waals surface area contributed by atoms with E-state index in [0.29, 0.717) is 6.42 Å². The van der Waals surface area contributed by atoms with Crippen LogP contribution in [0.2, 0.25) is 0 Å². The van der Waals surface area contributed by atoms with Gasteiger partial charge in [0.05, 0.1) is 23.2 Å². The molecule has 6 heteroatoms. The van der Waals surface area contributed by atoms with E-state index in [1.54, 1.807) is 0 Å². The fraction of sp³-hybridized carbons (Fsp3) is 0.769. The molecule has 0 aromatic carbocycles. The lowest BCUT2D eigenvalue weighted by molar-refractivity contribution is 0.317. The summed E-state index contributed by atoms with van der Waals surface area (Å²) in [6.45, 7) is 4.92. The summed E-state index contributed by atoms with van der Waals surface area (Å²) in [7, 11) is -1.00. The predicted molar refractivity (Wildman–Crippen MR) is 75.9 cm³/mol. The standard InChI is InChI=1S/C13H23N3O2S/c1-4-5-12-11(8-14-3)9-15-16(12)13(2)6-7-19(17,18)10-13/h9,14H,4-8,10H2,1-3H3. The summed E-state index contributed by atoms with van der Waals surface area (Å²) >= 11 is 0. The van der Waals surface area contributed by atoms with Gasteiger partial charge in [0.15, 0.2) is 9.84 Å². The topological polar surface area (TPSA) is 64.0 Å². The van der Waals surface area contributed by atoms with Gasteiger partial charge in [0.25, 0.3) is 0 Å². The summed E-state index contributed by atoms with van der Waals surface area (Å²) in [5.41, 5.74) is 1.97. The van der Waals surface area contributed by atoms with Crippen LogP contribution < -0.4 is 5.32 Å². The molecule has 1 aliphatic rings. The van der Waals surface area contributed by atoms with E-state index in [-0.39, 0.29) is 17.0 Å².